The first kappa shape index (κ1) is 14.4. The van der Waals surface area contributed by atoms with Gasteiger partial charge in [0.1, 0.15) is 0 Å². The van der Waals surface area contributed by atoms with Gasteiger partial charge in [-0.25, -0.2) is 0 Å². The molecule has 1 unspecified atom stereocenters. The van der Waals surface area contributed by atoms with Crippen LogP contribution >= 0.6 is 0 Å². The molecule has 21 heavy (non-hydrogen) atoms. The Morgan fingerprint density at radius 1 is 1.24 bits per heavy atom. The number of morpholine rings is 1. The average molecular weight is 288 g/mol. The summed E-state index contributed by atoms with van der Waals surface area (Å²) >= 11 is 0. The van der Waals surface area contributed by atoms with Crippen LogP contribution in [0.3, 0.4) is 0 Å². The van der Waals surface area contributed by atoms with Crippen LogP contribution in [0.25, 0.3) is 0 Å². The molecule has 0 aliphatic carbocycles. The van der Waals surface area contributed by atoms with E-state index in [9.17, 15) is 4.79 Å². The third-order valence-corrected chi connectivity index (χ3v) is 4.81. The number of fused-ring (bicyclic) bond motifs is 1. The van der Waals surface area contributed by atoms with Crippen LogP contribution in [0, 0.1) is 5.92 Å². The van der Waals surface area contributed by atoms with Gasteiger partial charge in [0, 0.05) is 37.4 Å². The highest BCUT2D eigenvalue weighted by molar-refractivity contribution is 5.94. The van der Waals surface area contributed by atoms with E-state index in [1.165, 1.54) is 11.3 Å². The first-order valence-corrected chi connectivity index (χ1v) is 7.83. The third-order valence-electron chi connectivity index (χ3n) is 4.81. The summed E-state index contributed by atoms with van der Waals surface area (Å²) < 4.78 is 5.42. The Labute approximate surface area is 126 Å². The predicted octanol–water partition coefficient (Wildman–Crippen LogP) is 2.46. The number of anilines is 2. The van der Waals surface area contributed by atoms with Crippen LogP contribution in [0.15, 0.2) is 18.2 Å². The van der Waals surface area contributed by atoms with Crippen molar-refractivity contribution in [3.05, 3.63) is 23.8 Å². The number of benzene rings is 1. The molecular formula is C17H24N2O2. The van der Waals surface area contributed by atoms with Crippen LogP contribution in [-0.2, 0) is 16.0 Å². The highest BCUT2D eigenvalue weighted by atomic mass is 16.5. The largest absolute Gasteiger partial charge is 0.378 e. The number of rotatable bonds is 1. The van der Waals surface area contributed by atoms with Crippen molar-refractivity contribution >= 4 is 17.3 Å². The van der Waals surface area contributed by atoms with Gasteiger partial charge in [-0.15, -0.1) is 0 Å². The maximum atomic E-state index is 12.0. The Morgan fingerprint density at radius 3 is 2.62 bits per heavy atom. The second-order valence-electron chi connectivity index (χ2n) is 6.22. The van der Waals surface area contributed by atoms with Crippen LogP contribution < -0.4 is 9.80 Å². The lowest BCUT2D eigenvalue weighted by atomic mass is 9.87. The lowest BCUT2D eigenvalue weighted by Crippen LogP contribution is -2.45. The van der Waals surface area contributed by atoms with Gasteiger partial charge in [-0.3, -0.25) is 4.79 Å². The van der Waals surface area contributed by atoms with Gasteiger partial charge < -0.3 is 14.5 Å². The van der Waals surface area contributed by atoms with Gasteiger partial charge in [0.25, 0.3) is 0 Å². The number of hydrogen-bond donors (Lipinski definition) is 0. The van der Waals surface area contributed by atoms with E-state index < -0.39 is 0 Å². The van der Waals surface area contributed by atoms with Crippen molar-refractivity contribution in [2.24, 2.45) is 5.92 Å². The van der Waals surface area contributed by atoms with Gasteiger partial charge in [-0.1, -0.05) is 6.92 Å². The van der Waals surface area contributed by atoms with Gasteiger partial charge in [0.2, 0.25) is 5.91 Å². The first-order valence-electron chi connectivity index (χ1n) is 7.83. The number of ether oxygens (including phenoxy) is 1. The molecule has 114 valence electrons. The molecular weight excluding hydrogens is 264 g/mol. The molecule has 1 saturated heterocycles. The molecule has 4 nitrogen and oxygen atoms in total. The Hall–Kier alpha value is -1.55. The third kappa shape index (κ3) is 2.64. The minimum Gasteiger partial charge on any atom is -0.378 e. The topological polar surface area (TPSA) is 32.8 Å². The van der Waals surface area contributed by atoms with Gasteiger partial charge in [0.05, 0.1) is 13.2 Å². The number of hydrogen-bond acceptors (Lipinski definition) is 3. The van der Waals surface area contributed by atoms with Gasteiger partial charge in [-0.05, 0) is 43.0 Å². The lowest BCUT2D eigenvalue weighted by Gasteiger charge is -2.39. The molecule has 1 aromatic rings. The quantitative estimate of drug-likeness (QED) is 0.796. The molecule has 2 heterocycles. The summed E-state index contributed by atoms with van der Waals surface area (Å²) in [5, 5.41) is 0. The van der Waals surface area contributed by atoms with Crippen molar-refractivity contribution in [1.29, 1.82) is 0 Å². The molecule has 1 aromatic carbocycles. The van der Waals surface area contributed by atoms with E-state index in [1.807, 2.05) is 4.90 Å². The van der Waals surface area contributed by atoms with Crippen molar-refractivity contribution in [2.75, 3.05) is 36.1 Å². The van der Waals surface area contributed by atoms with Gasteiger partial charge in [0.15, 0.2) is 0 Å². The van der Waals surface area contributed by atoms with E-state index >= 15 is 0 Å². The minimum absolute atomic E-state index is 0.134. The second kappa shape index (κ2) is 5.68. The maximum absolute atomic E-state index is 12.0. The van der Waals surface area contributed by atoms with Crippen LogP contribution in [0.2, 0.25) is 0 Å². The summed E-state index contributed by atoms with van der Waals surface area (Å²) in [6.45, 7) is 9.51. The molecule has 3 rings (SSSR count). The molecule has 0 bridgehead atoms. The molecule has 1 amide bonds. The van der Waals surface area contributed by atoms with E-state index in [1.54, 1.807) is 6.92 Å². The fourth-order valence-corrected chi connectivity index (χ4v) is 3.44. The number of carbonyl (C=O) groups excluding carboxylic acids is 1. The summed E-state index contributed by atoms with van der Waals surface area (Å²) in [5.41, 5.74) is 3.63. The van der Waals surface area contributed by atoms with Crippen LogP contribution in [0.4, 0.5) is 11.4 Å². The first-order chi connectivity index (χ1) is 10.1. The summed E-state index contributed by atoms with van der Waals surface area (Å²) in [6.07, 6.45) is 1.04. The lowest BCUT2D eigenvalue weighted by molar-refractivity contribution is -0.117. The molecule has 4 heteroatoms. The van der Waals surface area contributed by atoms with Gasteiger partial charge in [-0.2, -0.15) is 0 Å². The molecule has 2 aliphatic rings. The SMILES string of the molecule is CC(=O)N1c2ccc(N3CCOCC3)cc2CC(C)[C@@H]1C. The summed E-state index contributed by atoms with van der Waals surface area (Å²) in [4.78, 5) is 16.3. The van der Waals surface area contributed by atoms with E-state index in [4.69, 9.17) is 4.74 Å². The predicted molar refractivity (Wildman–Crippen MR) is 85.0 cm³/mol. The van der Waals surface area contributed by atoms with E-state index in [2.05, 4.69) is 36.9 Å². The molecule has 1 fully saturated rings. The fourth-order valence-electron chi connectivity index (χ4n) is 3.44. The van der Waals surface area contributed by atoms with Crippen LogP contribution in [-0.4, -0.2) is 38.3 Å². The Bertz CT molecular complexity index is 538. The highest BCUT2D eigenvalue weighted by Gasteiger charge is 2.31. The standard InChI is InChI=1S/C17H24N2O2/c1-12-10-15-11-16(18-6-8-21-9-7-18)4-5-17(15)19(13(12)2)14(3)20/h4-5,11-13H,6-10H2,1-3H3/t12?,13-/m0/s1. The second-order valence-corrected chi connectivity index (χ2v) is 6.22. The maximum Gasteiger partial charge on any atom is 0.224 e. The van der Waals surface area contributed by atoms with E-state index in [0.717, 1.165) is 38.4 Å². The zero-order valence-electron chi connectivity index (χ0n) is 13.1. The van der Waals surface area contributed by atoms with E-state index in [0.29, 0.717) is 5.92 Å². The number of nitrogens with zero attached hydrogens (tertiary/aromatic N) is 2. The van der Waals surface area contributed by atoms with E-state index in [-0.39, 0.29) is 11.9 Å². The van der Waals surface area contributed by atoms with Crippen LogP contribution in [0.1, 0.15) is 26.3 Å². The molecule has 0 radical (unpaired) electrons. The van der Waals surface area contributed by atoms with Gasteiger partial charge >= 0.3 is 0 Å². The normalized spacial score (nSPS) is 25.7. The summed E-state index contributed by atoms with van der Waals surface area (Å²) in [7, 11) is 0. The highest BCUT2D eigenvalue weighted by Crippen LogP contribution is 2.36. The molecule has 0 N–H and O–H groups in total. The zero-order valence-corrected chi connectivity index (χ0v) is 13.1. The van der Waals surface area contributed by atoms with Crippen molar-refractivity contribution in [1.82, 2.24) is 0 Å². The van der Waals surface area contributed by atoms with Crippen LogP contribution in [0.5, 0.6) is 0 Å². The fraction of sp³-hybridized carbons (Fsp3) is 0.588. The van der Waals surface area contributed by atoms with Crippen molar-refractivity contribution in [2.45, 2.75) is 33.2 Å². The zero-order chi connectivity index (χ0) is 15.0. The molecule has 2 aliphatic heterocycles. The molecule has 0 aromatic heterocycles. The number of amides is 1. The summed E-state index contributed by atoms with van der Waals surface area (Å²) in [6, 6.07) is 6.79. The van der Waals surface area contributed by atoms with Crippen molar-refractivity contribution in [3.8, 4) is 0 Å². The molecule has 2 atom stereocenters. The van der Waals surface area contributed by atoms with Crippen molar-refractivity contribution in [3.63, 3.8) is 0 Å². The van der Waals surface area contributed by atoms with Crippen molar-refractivity contribution < 1.29 is 9.53 Å². The Morgan fingerprint density at radius 2 is 1.95 bits per heavy atom. The Kier molecular flexibility index (Phi) is 3.89. The smallest absolute Gasteiger partial charge is 0.224 e. The molecule has 0 spiro atoms. The Balaban J connectivity index is 1.94. The number of carbonyl (C=O) groups is 1. The minimum atomic E-state index is 0.134. The summed E-state index contributed by atoms with van der Waals surface area (Å²) in [5.74, 6) is 0.621. The average Bonchev–Trinajstić information content (AvgIpc) is 2.48. The monoisotopic (exact) mass is 288 g/mol. The molecule has 0 saturated carbocycles.